The van der Waals surface area contributed by atoms with Crippen LogP contribution < -0.4 is 0 Å². The van der Waals surface area contributed by atoms with Crippen LogP contribution in [0.4, 0.5) is 0 Å². The summed E-state index contributed by atoms with van der Waals surface area (Å²) in [4.78, 5) is 17.7. The summed E-state index contributed by atoms with van der Waals surface area (Å²) in [7, 11) is 0. The number of para-hydroxylation sites is 5. The van der Waals surface area contributed by atoms with E-state index in [2.05, 4.69) is 19.9 Å². The average molecular weight is 761 g/mol. The van der Waals surface area contributed by atoms with Crippen LogP contribution in [0.25, 0.3) is 106 Å². The van der Waals surface area contributed by atoms with Gasteiger partial charge in [-0.2, -0.15) is 0 Å². The highest BCUT2D eigenvalue weighted by molar-refractivity contribution is 6.11. The first-order valence-electron chi connectivity index (χ1n) is 32.1. The number of rotatable bonds is 5. The van der Waals surface area contributed by atoms with Crippen LogP contribution in [0.3, 0.4) is 0 Å². The second-order valence-electron chi connectivity index (χ2n) is 12.0. The van der Waals surface area contributed by atoms with Crippen LogP contribution in [-0.2, 0) is 0 Å². The van der Waals surface area contributed by atoms with E-state index in [4.69, 9.17) is 23.3 Å². The summed E-state index contributed by atoms with van der Waals surface area (Å²) in [6.45, 7) is 0. The smallest absolute Gasteiger partial charge is 0.235 e. The lowest BCUT2D eigenvalue weighted by molar-refractivity contribution is 0.992. The van der Waals surface area contributed by atoms with Crippen molar-refractivity contribution in [2.75, 3.05) is 0 Å². The molecule has 0 aliphatic rings. The van der Waals surface area contributed by atoms with Gasteiger partial charge < -0.3 is 0 Å². The van der Waals surface area contributed by atoms with Crippen LogP contribution in [0, 0.1) is 0 Å². The number of pyridine rings is 2. The van der Waals surface area contributed by atoms with Gasteiger partial charge in [0, 0.05) is 55.8 Å². The van der Waals surface area contributed by atoms with E-state index < -0.39 is 293 Å². The zero-order chi connectivity index (χ0) is 64.4. The molecule has 0 atom stereocenters. The van der Waals surface area contributed by atoms with E-state index >= 15 is 0 Å². The van der Waals surface area contributed by atoms with Gasteiger partial charge >= 0.3 is 0 Å². The van der Waals surface area contributed by atoms with Gasteiger partial charge in [-0.15, -0.1) is 0 Å². The number of hydrogen-bond donors (Lipinski definition) is 0. The van der Waals surface area contributed by atoms with Crippen molar-refractivity contribution >= 4 is 65.7 Å². The summed E-state index contributed by atoms with van der Waals surface area (Å²) in [6, 6.07) is -28.7. The maximum absolute atomic E-state index is 10.2. The highest BCUT2D eigenvalue weighted by Gasteiger charge is 2.25. The third-order valence-electron chi connectivity index (χ3n) is 9.11. The van der Waals surface area contributed by atoms with Gasteiger partial charge in [0.15, 0.2) is 0 Å². The zero-order valence-corrected chi connectivity index (χ0v) is 28.1. The molecule has 12 aromatic rings. The predicted octanol–water partition coefficient (Wildman–Crippen LogP) is 11.9. The molecular formula is C50H31N7. The molecule has 6 aromatic heterocycles. The van der Waals surface area contributed by atoms with Crippen molar-refractivity contribution in [1.82, 2.24) is 33.6 Å². The first-order chi connectivity index (χ1) is 41.2. The molecule has 0 saturated carbocycles. The summed E-state index contributed by atoms with van der Waals surface area (Å²) in [6.07, 6.45) is -2.00. The zero-order valence-electron chi connectivity index (χ0n) is 59.1. The van der Waals surface area contributed by atoms with Crippen molar-refractivity contribution in [1.29, 1.82) is 0 Å². The SMILES string of the molecule is [2H]c1nc2c(c([2H])c1[2H])c1c([2H])c([2H])c([2H])c([2H])c1n2-c1c([2H])c([2H])c([2H])c(-c2nc(-n3c4c([2H])c([2H])c([2H])c([2H])c4c4c([2H])c([2H])c([2H])c([2H])c43)nc(-c3c([2H])c([2H])c([2H])c([2H])c3[2H])c2[2H])c1-n1c2nc([2H])c([2H])c([2H])c2c2c([2H])c([2H])c([2H])c([2H])c21. The normalized spacial score (nSPS) is 19.5. The molecule has 7 nitrogen and oxygen atoms in total. The van der Waals surface area contributed by atoms with Crippen LogP contribution in [0.15, 0.2) is 188 Å². The van der Waals surface area contributed by atoms with E-state index in [0.717, 1.165) is 0 Å². The lowest BCUT2D eigenvalue weighted by Gasteiger charge is -2.20. The summed E-state index contributed by atoms with van der Waals surface area (Å²) < 4.78 is 285. The van der Waals surface area contributed by atoms with Gasteiger partial charge in [0.05, 0.1) is 87.3 Å². The van der Waals surface area contributed by atoms with Gasteiger partial charge in [-0.05, 0) is 60.4 Å². The van der Waals surface area contributed by atoms with Crippen molar-refractivity contribution in [3.05, 3.63) is 188 Å². The Balaban J connectivity index is 1.46. The minimum absolute atomic E-state index is 0.577. The van der Waals surface area contributed by atoms with Gasteiger partial charge in [-0.25, -0.2) is 19.9 Å². The second kappa shape index (κ2) is 12.3. The molecule has 0 bridgehead atoms. The maximum atomic E-state index is 10.2. The number of nitrogens with zero attached hydrogens (tertiary/aromatic N) is 7. The minimum Gasteiger partial charge on any atom is -0.292 e. The van der Waals surface area contributed by atoms with Crippen LogP contribution in [0.5, 0.6) is 0 Å². The van der Waals surface area contributed by atoms with Crippen LogP contribution in [-0.4, -0.2) is 33.6 Å². The molecule has 12 rings (SSSR count). The fraction of sp³-hybridized carbons (Fsp3) is 0. The molecule has 7 heteroatoms. The Morgan fingerprint density at radius 3 is 1.47 bits per heavy atom. The van der Waals surface area contributed by atoms with E-state index in [9.17, 15) is 19.2 Å². The molecule has 0 aliphatic carbocycles. The van der Waals surface area contributed by atoms with Crippen molar-refractivity contribution in [2.45, 2.75) is 0 Å². The Morgan fingerprint density at radius 2 is 0.860 bits per heavy atom. The number of aromatic nitrogens is 7. The van der Waals surface area contributed by atoms with Gasteiger partial charge in [0.1, 0.15) is 11.3 Å². The average Bonchev–Trinajstić information content (AvgIpc) is 1.52. The van der Waals surface area contributed by atoms with Crippen LogP contribution >= 0.6 is 0 Å². The Labute approximate surface area is 369 Å². The predicted molar refractivity (Wildman–Crippen MR) is 232 cm³/mol. The first kappa shape index (κ1) is 13.7. The molecule has 0 spiro atoms. The van der Waals surface area contributed by atoms with Gasteiger partial charge in [-0.3, -0.25) is 13.7 Å². The highest BCUT2D eigenvalue weighted by Crippen LogP contribution is 2.42. The molecule has 0 amide bonds. The molecule has 0 aliphatic heterocycles. The second-order valence-corrected chi connectivity index (χ2v) is 12.0. The molecule has 0 N–H and O–H groups in total. The topological polar surface area (TPSA) is 66.3 Å². The van der Waals surface area contributed by atoms with Gasteiger partial charge in [0.2, 0.25) is 5.95 Å². The van der Waals surface area contributed by atoms with Crippen molar-refractivity contribution in [2.24, 2.45) is 0 Å². The third kappa shape index (κ3) is 4.66. The number of benzene rings is 6. The van der Waals surface area contributed by atoms with Crippen LogP contribution in [0.2, 0.25) is 0 Å². The maximum Gasteiger partial charge on any atom is 0.235 e. The summed E-state index contributed by atoms with van der Waals surface area (Å²) >= 11 is 0. The molecule has 0 unspecified atom stereocenters. The Kier molecular flexibility index (Phi) is 2.96. The third-order valence-corrected chi connectivity index (χ3v) is 9.11. The number of hydrogen-bond acceptors (Lipinski definition) is 4. The van der Waals surface area contributed by atoms with E-state index in [0.29, 0.717) is 13.7 Å². The molecule has 0 saturated heterocycles. The largest absolute Gasteiger partial charge is 0.292 e. The van der Waals surface area contributed by atoms with E-state index in [1.165, 1.54) is 0 Å². The fourth-order valence-corrected chi connectivity index (χ4v) is 6.85. The molecule has 0 fully saturated rings. The highest BCUT2D eigenvalue weighted by atomic mass is 15.2. The molecule has 57 heavy (non-hydrogen) atoms. The Morgan fingerprint density at radius 1 is 0.386 bits per heavy atom. The standard InChI is InChI=1S/C50H31N7/c1-2-15-32(16-3-1)40-31-41(54-50(53-40)56-43-25-9-4-17-33(43)34-18-5-10-26-44(34)56)39-21-12-28-46(55-42-24-8-6-19-35(42)37-22-13-29-51-48(37)55)47(39)57-45-27-11-7-20-36(45)38-23-14-30-52-49(38)57/h1-31H/i1D,2D,3D,4D,5D,6D,7D,8D,9D,10D,11D,12D,13D,14D,15D,16D,17D,18D,19D,20D,21D,22D,23D,24D,25D,26D,27D,28D,29D,30D,31D. The quantitative estimate of drug-likeness (QED) is 0.175. The summed E-state index contributed by atoms with van der Waals surface area (Å²) in [5, 5.41) is -3.60. The first-order valence-corrected chi connectivity index (χ1v) is 16.6. The molecular weight excluding hydrogens is 699 g/mol. The molecule has 6 heterocycles. The van der Waals surface area contributed by atoms with Gasteiger partial charge in [-0.1, -0.05) is 115 Å². The molecule has 0 radical (unpaired) electrons. The lowest BCUT2D eigenvalue weighted by atomic mass is 10.0. The minimum atomic E-state index is -1.24. The fourth-order valence-electron chi connectivity index (χ4n) is 6.85. The van der Waals surface area contributed by atoms with Crippen molar-refractivity contribution < 1.29 is 42.5 Å². The Hall–Kier alpha value is -7.90. The van der Waals surface area contributed by atoms with Crippen molar-refractivity contribution in [3.63, 3.8) is 0 Å². The lowest BCUT2D eigenvalue weighted by Crippen LogP contribution is -2.08. The molecule has 6 aromatic carbocycles. The van der Waals surface area contributed by atoms with Crippen LogP contribution in [0.1, 0.15) is 42.5 Å². The van der Waals surface area contributed by atoms with Gasteiger partial charge in [0.25, 0.3) is 0 Å². The number of fused-ring (bicyclic) bond motifs is 9. The summed E-state index contributed by atoms with van der Waals surface area (Å²) in [5.41, 5.74) is -10.6. The Bertz CT molecular complexity index is 5250. The van der Waals surface area contributed by atoms with E-state index in [1.54, 1.807) is 0 Å². The molecule has 266 valence electrons. The van der Waals surface area contributed by atoms with E-state index in [1.807, 2.05) is 0 Å². The van der Waals surface area contributed by atoms with Crippen molar-refractivity contribution in [3.8, 4) is 39.8 Å². The monoisotopic (exact) mass is 760 g/mol. The van der Waals surface area contributed by atoms with E-state index in [-0.39, 0.29) is 0 Å². The summed E-state index contributed by atoms with van der Waals surface area (Å²) in [5.74, 6) is -1.05.